The molecule has 2 N–H and O–H groups in total. The van der Waals surface area contributed by atoms with E-state index in [0.29, 0.717) is 31.1 Å². The van der Waals surface area contributed by atoms with Gasteiger partial charge >= 0.3 is 6.09 Å². The van der Waals surface area contributed by atoms with E-state index < -0.39 is 18.0 Å². The molecule has 0 bridgehead atoms. The molecule has 0 radical (unpaired) electrons. The minimum atomic E-state index is -0.626. The minimum Gasteiger partial charge on any atom is -0.449 e. The Labute approximate surface area is 166 Å². The first-order valence-electron chi connectivity index (χ1n) is 9.26. The monoisotopic (exact) mass is 403 g/mol. The number of thioether (sulfide) groups is 1. The molecule has 9 heteroatoms. The highest BCUT2D eigenvalue weighted by atomic mass is 32.2. The van der Waals surface area contributed by atoms with Crippen LogP contribution in [0.1, 0.15) is 34.3 Å². The highest BCUT2D eigenvalue weighted by Gasteiger charge is 2.39. The summed E-state index contributed by atoms with van der Waals surface area (Å²) >= 11 is 1.84. The van der Waals surface area contributed by atoms with Crippen LogP contribution in [0, 0.1) is 5.92 Å². The largest absolute Gasteiger partial charge is 0.449 e. The van der Waals surface area contributed by atoms with Crippen LogP contribution < -0.4 is 10.6 Å². The van der Waals surface area contributed by atoms with Crippen molar-refractivity contribution in [3.8, 4) is 0 Å². The molecule has 1 aromatic carbocycles. The molecule has 0 aliphatic carbocycles. The molecular formula is C19H21N3O5S. The Balaban J connectivity index is 1.35. The second-order valence-corrected chi connectivity index (χ2v) is 8.32. The molecule has 2 saturated heterocycles. The summed E-state index contributed by atoms with van der Waals surface area (Å²) in [5.41, 5.74) is 2.15. The fraction of sp³-hybridized carbons (Fsp3) is 0.474. The Morgan fingerprint density at radius 3 is 2.82 bits per heavy atom. The molecule has 1 unspecified atom stereocenters. The van der Waals surface area contributed by atoms with Crippen molar-refractivity contribution in [1.82, 2.24) is 15.5 Å². The van der Waals surface area contributed by atoms with E-state index in [1.165, 1.54) is 4.90 Å². The first-order valence-corrected chi connectivity index (χ1v) is 10.4. The maximum atomic E-state index is 12.8. The van der Waals surface area contributed by atoms with Gasteiger partial charge in [-0.25, -0.2) is 4.79 Å². The van der Waals surface area contributed by atoms with Gasteiger partial charge in [0.25, 0.3) is 5.91 Å². The van der Waals surface area contributed by atoms with Crippen LogP contribution in [0.2, 0.25) is 0 Å². The molecule has 0 spiro atoms. The molecule has 3 heterocycles. The van der Waals surface area contributed by atoms with E-state index in [2.05, 4.69) is 10.6 Å². The number of rotatable bonds is 5. The third kappa shape index (κ3) is 3.84. The summed E-state index contributed by atoms with van der Waals surface area (Å²) in [7, 11) is 0. The van der Waals surface area contributed by atoms with E-state index in [9.17, 15) is 19.2 Å². The summed E-state index contributed by atoms with van der Waals surface area (Å²) in [6, 6.07) is 4.81. The third-order valence-corrected chi connectivity index (χ3v) is 6.60. The number of hydrogen-bond acceptors (Lipinski definition) is 6. The van der Waals surface area contributed by atoms with E-state index in [4.69, 9.17) is 4.74 Å². The molecule has 4 amide bonds. The van der Waals surface area contributed by atoms with Crippen molar-refractivity contribution >= 4 is 35.6 Å². The van der Waals surface area contributed by atoms with E-state index in [1.54, 1.807) is 6.07 Å². The molecule has 4 rings (SSSR count). The zero-order chi connectivity index (χ0) is 19.7. The van der Waals surface area contributed by atoms with Crippen LogP contribution in [0.15, 0.2) is 18.2 Å². The fourth-order valence-electron chi connectivity index (χ4n) is 3.51. The number of carbonyl (C=O) groups excluding carboxylic acids is 4. The average Bonchev–Trinajstić information content (AvgIpc) is 2.95. The number of piperidine rings is 1. The molecule has 2 fully saturated rings. The number of alkyl carbamates (subject to hydrolysis) is 1. The summed E-state index contributed by atoms with van der Waals surface area (Å²) in [6.07, 6.45) is 0.103. The van der Waals surface area contributed by atoms with E-state index in [1.807, 2.05) is 23.9 Å². The summed E-state index contributed by atoms with van der Waals surface area (Å²) in [5, 5.41) is 4.99. The lowest BCUT2D eigenvalue weighted by Crippen LogP contribution is -2.52. The Bertz CT molecular complexity index is 839. The zero-order valence-corrected chi connectivity index (χ0v) is 16.0. The summed E-state index contributed by atoms with van der Waals surface area (Å²) in [6.45, 7) is 1.04. The molecule has 0 aromatic heterocycles. The molecule has 1 aromatic rings. The third-order valence-electron chi connectivity index (χ3n) is 5.19. The number of hydrogen-bond donors (Lipinski definition) is 2. The number of carbonyl (C=O) groups is 4. The van der Waals surface area contributed by atoms with Gasteiger partial charge in [0.05, 0.1) is 6.61 Å². The number of ether oxygens (including phenoxy) is 1. The van der Waals surface area contributed by atoms with Crippen molar-refractivity contribution < 1.29 is 23.9 Å². The first-order chi connectivity index (χ1) is 13.5. The number of benzene rings is 1. The maximum absolute atomic E-state index is 12.8. The smallest absolute Gasteiger partial charge is 0.407 e. The van der Waals surface area contributed by atoms with Gasteiger partial charge in [0, 0.05) is 42.5 Å². The summed E-state index contributed by atoms with van der Waals surface area (Å²) in [4.78, 5) is 49.5. The number of fused-ring (bicyclic) bond motifs is 1. The number of amides is 4. The van der Waals surface area contributed by atoms with Crippen molar-refractivity contribution in [2.24, 2.45) is 5.92 Å². The Kier molecular flexibility index (Phi) is 5.25. The quantitative estimate of drug-likeness (QED) is 0.712. The van der Waals surface area contributed by atoms with Gasteiger partial charge in [0.2, 0.25) is 11.8 Å². The zero-order valence-electron chi connectivity index (χ0n) is 15.2. The Hall–Kier alpha value is -2.55. The van der Waals surface area contributed by atoms with Crippen LogP contribution in [0.5, 0.6) is 0 Å². The standard InChI is InChI=1S/C19H21N3O5S/c23-16-4-3-15(17(24)21-16)22-7-13-2-1-11(5-14(13)18(22)25)6-20-19(26)27-8-12-9-28-10-12/h1-2,5,12,15H,3-4,6-10H2,(H,20,26)(H,21,23,24). The van der Waals surface area contributed by atoms with Crippen LogP contribution >= 0.6 is 11.8 Å². The number of nitrogens with one attached hydrogen (secondary N) is 2. The SMILES string of the molecule is O=C1CCC(N2Cc3ccc(CNC(=O)OCC4CSC4)cc3C2=O)C(=O)N1. The van der Waals surface area contributed by atoms with Crippen LogP contribution in [0.4, 0.5) is 4.79 Å². The molecular weight excluding hydrogens is 382 g/mol. The first kappa shape index (κ1) is 18.8. The van der Waals surface area contributed by atoms with E-state index in [-0.39, 0.29) is 24.8 Å². The molecule has 1 atom stereocenters. The fourth-order valence-corrected chi connectivity index (χ4v) is 4.27. The second kappa shape index (κ2) is 7.83. The van der Waals surface area contributed by atoms with Gasteiger partial charge in [-0.05, 0) is 23.6 Å². The van der Waals surface area contributed by atoms with E-state index >= 15 is 0 Å². The Morgan fingerprint density at radius 1 is 1.29 bits per heavy atom. The second-order valence-electron chi connectivity index (χ2n) is 7.25. The van der Waals surface area contributed by atoms with Crippen LogP contribution in [0.25, 0.3) is 0 Å². The molecule has 28 heavy (non-hydrogen) atoms. The van der Waals surface area contributed by atoms with Gasteiger partial charge in [0.15, 0.2) is 0 Å². The minimum absolute atomic E-state index is 0.226. The van der Waals surface area contributed by atoms with Gasteiger partial charge < -0.3 is 15.0 Å². The highest BCUT2D eigenvalue weighted by molar-refractivity contribution is 8.00. The van der Waals surface area contributed by atoms with Crippen molar-refractivity contribution in [1.29, 1.82) is 0 Å². The van der Waals surface area contributed by atoms with Crippen molar-refractivity contribution in [2.75, 3.05) is 18.1 Å². The summed E-state index contributed by atoms with van der Waals surface area (Å²) in [5.74, 6) is 1.56. The van der Waals surface area contributed by atoms with Gasteiger partial charge in [-0.3, -0.25) is 19.7 Å². The topological polar surface area (TPSA) is 105 Å². The molecule has 0 saturated carbocycles. The lowest BCUT2D eigenvalue weighted by atomic mass is 10.0. The van der Waals surface area contributed by atoms with Gasteiger partial charge in [0.1, 0.15) is 6.04 Å². The van der Waals surface area contributed by atoms with Crippen LogP contribution in [-0.2, 0) is 27.4 Å². The molecule has 3 aliphatic rings. The van der Waals surface area contributed by atoms with Gasteiger partial charge in [-0.15, -0.1) is 0 Å². The average molecular weight is 403 g/mol. The maximum Gasteiger partial charge on any atom is 0.407 e. The van der Waals surface area contributed by atoms with Crippen LogP contribution in [0.3, 0.4) is 0 Å². The molecule has 8 nitrogen and oxygen atoms in total. The normalized spacial score (nSPS) is 21.8. The van der Waals surface area contributed by atoms with Crippen molar-refractivity contribution in [3.05, 3.63) is 34.9 Å². The van der Waals surface area contributed by atoms with Gasteiger partial charge in [-0.1, -0.05) is 12.1 Å². The summed E-state index contributed by atoms with van der Waals surface area (Å²) < 4.78 is 5.19. The predicted molar refractivity (Wildman–Crippen MR) is 101 cm³/mol. The predicted octanol–water partition coefficient (Wildman–Crippen LogP) is 1.04. The molecule has 3 aliphatic heterocycles. The van der Waals surface area contributed by atoms with Crippen molar-refractivity contribution in [3.63, 3.8) is 0 Å². The molecule has 148 valence electrons. The lowest BCUT2D eigenvalue weighted by Gasteiger charge is -2.29. The Morgan fingerprint density at radius 2 is 2.11 bits per heavy atom. The lowest BCUT2D eigenvalue weighted by molar-refractivity contribution is -0.136. The highest BCUT2D eigenvalue weighted by Crippen LogP contribution is 2.28. The number of imide groups is 1. The van der Waals surface area contributed by atoms with E-state index in [0.717, 1.165) is 22.6 Å². The number of nitrogens with zero attached hydrogens (tertiary/aromatic N) is 1. The van der Waals surface area contributed by atoms with Crippen molar-refractivity contribution in [2.45, 2.75) is 32.0 Å². The van der Waals surface area contributed by atoms with Crippen LogP contribution in [-0.4, -0.2) is 52.9 Å². The van der Waals surface area contributed by atoms with Gasteiger partial charge in [-0.2, -0.15) is 11.8 Å².